The monoisotopic (exact) mass is 481 g/mol. The normalized spacial score (nSPS) is 15.9. The number of aryl methyl sites for hydroxylation is 1. The number of likely N-dealkylation sites (N-methyl/N-ethyl adjacent to an activating group) is 1. The highest BCUT2D eigenvalue weighted by Crippen LogP contribution is 2.35. The maximum Gasteiger partial charge on any atom is 0.573 e. The van der Waals surface area contributed by atoms with E-state index in [0.29, 0.717) is 17.0 Å². The van der Waals surface area contributed by atoms with Crippen LogP contribution in [0.15, 0.2) is 42.6 Å². The number of halogens is 4. The minimum atomic E-state index is -4.73. The molecule has 0 unspecified atom stereocenters. The summed E-state index contributed by atoms with van der Waals surface area (Å²) >= 11 is 6.50. The summed E-state index contributed by atoms with van der Waals surface area (Å²) in [6, 6.07) is 9.54. The molecule has 0 aliphatic carbocycles. The van der Waals surface area contributed by atoms with Gasteiger partial charge in [0.25, 0.3) is 0 Å². The van der Waals surface area contributed by atoms with E-state index < -0.39 is 6.36 Å². The number of piperazine rings is 1. The van der Waals surface area contributed by atoms with Crippen LogP contribution in [0.5, 0.6) is 11.6 Å². The van der Waals surface area contributed by atoms with Crippen molar-refractivity contribution in [1.82, 2.24) is 14.4 Å². The zero-order valence-corrected chi connectivity index (χ0v) is 19.2. The van der Waals surface area contributed by atoms with Gasteiger partial charge in [-0.05, 0) is 61.8 Å². The van der Waals surface area contributed by atoms with Gasteiger partial charge in [0.05, 0.1) is 17.0 Å². The zero-order valence-electron chi connectivity index (χ0n) is 18.4. The Bertz CT molecular complexity index is 1090. The second-order valence-electron chi connectivity index (χ2n) is 8.56. The topological polar surface area (TPSA) is 40.9 Å². The van der Waals surface area contributed by atoms with Crippen molar-refractivity contribution in [2.45, 2.75) is 25.7 Å². The lowest BCUT2D eigenvalue weighted by atomic mass is 10.1. The Hall–Kier alpha value is -2.42. The lowest BCUT2D eigenvalue weighted by molar-refractivity contribution is -0.274. The Balaban J connectivity index is 1.42. The van der Waals surface area contributed by atoms with Gasteiger partial charge in [-0.2, -0.15) is 0 Å². The van der Waals surface area contributed by atoms with Crippen molar-refractivity contribution in [3.8, 4) is 11.6 Å². The fourth-order valence-electron chi connectivity index (χ4n) is 4.23. The lowest BCUT2D eigenvalue weighted by Gasteiger charge is -2.32. The van der Waals surface area contributed by atoms with Gasteiger partial charge in [-0.1, -0.05) is 23.7 Å². The summed E-state index contributed by atoms with van der Waals surface area (Å²) in [6.45, 7) is 5.73. The van der Waals surface area contributed by atoms with Crippen LogP contribution >= 0.6 is 11.6 Å². The van der Waals surface area contributed by atoms with Gasteiger partial charge in [-0.15, -0.1) is 13.2 Å². The standard InChI is InChI=1S/C24H27ClF3N3O2/c1-29-9-11-30(12-10-29)8-2-3-18-13-19-16-31(23(32)22(19)21(25)14-18)15-17-4-6-20(7-5-17)33-24(26,27)28/h4-7,13-14,16,32H,2-3,8-12,15H2,1H3. The Morgan fingerprint density at radius 1 is 1.03 bits per heavy atom. The van der Waals surface area contributed by atoms with Gasteiger partial charge in [0.1, 0.15) is 5.75 Å². The molecule has 0 radical (unpaired) electrons. The molecule has 0 atom stereocenters. The van der Waals surface area contributed by atoms with E-state index in [4.69, 9.17) is 11.6 Å². The molecule has 0 spiro atoms. The van der Waals surface area contributed by atoms with E-state index in [1.807, 2.05) is 18.3 Å². The highest BCUT2D eigenvalue weighted by molar-refractivity contribution is 6.36. The number of aromatic hydroxyl groups is 1. The molecule has 1 N–H and O–H groups in total. The van der Waals surface area contributed by atoms with Crippen molar-refractivity contribution in [2.75, 3.05) is 39.8 Å². The van der Waals surface area contributed by atoms with E-state index in [-0.39, 0.29) is 11.6 Å². The molecule has 2 aromatic carbocycles. The first-order chi connectivity index (χ1) is 15.7. The minimum absolute atomic E-state index is 0.0367. The van der Waals surface area contributed by atoms with Crippen molar-refractivity contribution < 1.29 is 23.0 Å². The average Bonchev–Trinajstić information content (AvgIpc) is 3.05. The molecule has 1 aliphatic rings. The van der Waals surface area contributed by atoms with Gasteiger partial charge >= 0.3 is 6.36 Å². The molecule has 3 aromatic rings. The molecule has 0 bridgehead atoms. The maximum absolute atomic E-state index is 12.3. The van der Waals surface area contributed by atoms with Crippen LogP contribution in [-0.2, 0) is 13.0 Å². The third kappa shape index (κ3) is 6.13. The quantitative estimate of drug-likeness (QED) is 0.508. The number of aromatic nitrogens is 1. The summed E-state index contributed by atoms with van der Waals surface area (Å²) < 4.78 is 42.6. The SMILES string of the molecule is CN1CCN(CCCc2cc(Cl)c3c(O)n(Cc4ccc(OC(F)(F)F)cc4)cc3c2)CC1. The smallest absolute Gasteiger partial charge is 0.494 e. The van der Waals surface area contributed by atoms with Crippen molar-refractivity contribution >= 4 is 22.4 Å². The molecular formula is C24H27ClF3N3O2. The molecule has 4 rings (SSSR count). The van der Waals surface area contributed by atoms with Crippen LogP contribution in [0.4, 0.5) is 13.2 Å². The number of rotatable bonds is 7. The van der Waals surface area contributed by atoms with E-state index in [2.05, 4.69) is 21.6 Å². The summed E-state index contributed by atoms with van der Waals surface area (Å²) in [4.78, 5) is 4.82. The van der Waals surface area contributed by atoms with Crippen LogP contribution in [-0.4, -0.2) is 65.6 Å². The highest BCUT2D eigenvalue weighted by atomic mass is 35.5. The minimum Gasteiger partial charge on any atom is -0.494 e. The Kier molecular flexibility index (Phi) is 7.07. The van der Waals surface area contributed by atoms with Crippen LogP contribution in [0.1, 0.15) is 17.5 Å². The molecule has 178 valence electrons. The van der Waals surface area contributed by atoms with Crippen LogP contribution in [0, 0.1) is 0 Å². The highest BCUT2D eigenvalue weighted by Gasteiger charge is 2.31. The van der Waals surface area contributed by atoms with Crippen molar-refractivity contribution in [3.05, 3.63) is 58.7 Å². The summed E-state index contributed by atoms with van der Waals surface area (Å²) in [5.41, 5.74) is 1.84. The summed E-state index contributed by atoms with van der Waals surface area (Å²) in [5.74, 6) is -0.244. The predicted octanol–water partition coefficient (Wildman–Crippen LogP) is 5.13. The Morgan fingerprint density at radius 3 is 2.39 bits per heavy atom. The van der Waals surface area contributed by atoms with Crippen LogP contribution in [0.2, 0.25) is 5.02 Å². The molecule has 33 heavy (non-hydrogen) atoms. The fourth-order valence-corrected chi connectivity index (χ4v) is 4.57. The molecule has 0 amide bonds. The molecule has 0 saturated carbocycles. The number of fused-ring (bicyclic) bond motifs is 1. The number of alkyl halides is 3. The second-order valence-corrected chi connectivity index (χ2v) is 8.97. The van der Waals surface area contributed by atoms with E-state index in [0.717, 1.165) is 62.1 Å². The van der Waals surface area contributed by atoms with Crippen molar-refractivity contribution in [2.24, 2.45) is 0 Å². The number of hydrogen-bond donors (Lipinski definition) is 1. The lowest BCUT2D eigenvalue weighted by Crippen LogP contribution is -2.44. The fraction of sp³-hybridized carbons (Fsp3) is 0.417. The summed E-state index contributed by atoms with van der Waals surface area (Å²) in [7, 11) is 2.15. The van der Waals surface area contributed by atoms with Gasteiger partial charge in [0, 0.05) is 37.8 Å². The molecule has 1 fully saturated rings. The molecule has 1 aliphatic heterocycles. The summed E-state index contributed by atoms with van der Waals surface area (Å²) in [6.07, 6.45) is -0.975. The molecule has 5 nitrogen and oxygen atoms in total. The number of hydrogen-bond acceptors (Lipinski definition) is 4. The largest absolute Gasteiger partial charge is 0.573 e. The molecule has 2 heterocycles. The van der Waals surface area contributed by atoms with Crippen molar-refractivity contribution in [1.29, 1.82) is 0 Å². The Labute approximate surface area is 195 Å². The van der Waals surface area contributed by atoms with Crippen LogP contribution < -0.4 is 4.74 Å². The van der Waals surface area contributed by atoms with Gasteiger partial charge in [-0.25, -0.2) is 0 Å². The van der Waals surface area contributed by atoms with Crippen molar-refractivity contribution in [3.63, 3.8) is 0 Å². The van der Waals surface area contributed by atoms with E-state index >= 15 is 0 Å². The third-order valence-electron chi connectivity index (χ3n) is 6.02. The number of benzene rings is 2. The van der Waals surface area contributed by atoms with Gasteiger partial charge < -0.3 is 24.2 Å². The zero-order chi connectivity index (χ0) is 23.6. The average molecular weight is 482 g/mol. The first-order valence-corrected chi connectivity index (χ1v) is 11.3. The van der Waals surface area contributed by atoms with E-state index in [9.17, 15) is 18.3 Å². The van der Waals surface area contributed by atoms with Crippen LogP contribution in [0.3, 0.4) is 0 Å². The molecular weight excluding hydrogens is 455 g/mol. The first kappa shape index (κ1) is 23.7. The third-order valence-corrected chi connectivity index (χ3v) is 6.31. The second kappa shape index (κ2) is 9.83. The van der Waals surface area contributed by atoms with E-state index in [1.165, 1.54) is 24.3 Å². The predicted molar refractivity (Wildman–Crippen MR) is 123 cm³/mol. The maximum atomic E-state index is 12.3. The van der Waals surface area contributed by atoms with Gasteiger partial charge in [-0.3, -0.25) is 0 Å². The Morgan fingerprint density at radius 2 is 1.73 bits per heavy atom. The first-order valence-electron chi connectivity index (χ1n) is 10.9. The number of ether oxygens (including phenoxy) is 1. The van der Waals surface area contributed by atoms with Gasteiger partial charge in [0.2, 0.25) is 5.88 Å². The molecule has 1 aromatic heterocycles. The molecule has 1 saturated heterocycles. The summed E-state index contributed by atoms with van der Waals surface area (Å²) in [5, 5.41) is 12.6. The van der Waals surface area contributed by atoms with Gasteiger partial charge in [0.15, 0.2) is 0 Å². The van der Waals surface area contributed by atoms with Crippen LogP contribution in [0.25, 0.3) is 10.8 Å². The number of nitrogens with zero attached hydrogens (tertiary/aromatic N) is 3. The molecule has 9 heteroatoms. The van der Waals surface area contributed by atoms with E-state index in [1.54, 1.807) is 4.57 Å².